The molecule has 2 aromatic heterocycles. The number of aryl methyl sites for hydroxylation is 1. The van der Waals surface area contributed by atoms with Crippen LogP contribution >= 0.6 is 27.3 Å². The maximum Gasteiger partial charge on any atom is 0.110 e. The summed E-state index contributed by atoms with van der Waals surface area (Å²) in [6.45, 7) is 6.35. The Bertz CT molecular complexity index is 506. The Morgan fingerprint density at radius 1 is 1.47 bits per heavy atom. The average Bonchev–Trinajstić information content (AvgIpc) is 2.99. The van der Waals surface area contributed by atoms with Crippen molar-refractivity contribution in [3.8, 4) is 0 Å². The molecule has 1 unspecified atom stereocenters. The van der Waals surface area contributed by atoms with Gasteiger partial charge in [-0.1, -0.05) is 13.8 Å². The van der Waals surface area contributed by atoms with Gasteiger partial charge in [0.25, 0.3) is 0 Å². The number of likely N-dealkylation sites (N-methyl/N-ethyl adjacent to an activating group) is 1. The smallest absolute Gasteiger partial charge is 0.110 e. The summed E-state index contributed by atoms with van der Waals surface area (Å²) >= 11 is 5.32. The third-order valence-corrected chi connectivity index (χ3v) is 4.84. The first-order valence-electron chi connectivity index (χ1n) is 6.71. The van der Waals surface area contributed by atoms with Gasteiger partial charge in [0.15, 0.2) is 0 Å². The lowest BCUT2D eigenvalue weighted by Crippen LogP contribution is -2.23. The minimum absolute atomic E-state index is 0.347. The number of aromatic nitrogens is 2. The van der Waals surface area contributed by atoms with E-state index in [0.29, 0.717) is 6.04 Å². The van der Waals surface area contributed by atoms with Gasteiger partial charge in [-0.15, -0.1) is 11.3 Å². The highest BCUT2D eigenvalue weighted by atomic mass is 79.9. The van der Waals surface area contributed by atoms with Crippen molar-refractivity contribution in [2.45, 2.75) is 39.3 Å². The lowest BCUT2D eigenvalue weighted by atomic mass is 10.1. The molecule has 0 amide bonds. The fraction of sp³-hybridized carbons (Fsp3) is 0.500. The van der Waals surface area contributed by atoms with Crippen molar-refractivity contribution < 1.29 is 0 Å². The molecule has 19 heavy (non-hydrogen) atoms. The normalized spacial score (nSPS) is 12.8. The molecule has 0 bridgehead atoms. The van der Waals surface area contributed by atoms with E-state index in [1.165, 1.54) is 4.88 Å². The largest absolute Gasteiger partial charge is 0.335 e. The van der Waals surface area contributed by atoms with Crippen LogP contribution in [0.4, 0.5) is 0 Å². The van der Waals surface area contributed by atoms with E-state index in [4.69, 9.17) is 0 Å². The van der Waals surface area contributed by atoms with Crippen LogP contribution in [0.15, 0.2) is 28.3 Å². The van der Waals surface area contributed by atoms with Crippen LogP contribution in [0.25, 0.3) is 0 Å². The average molecular weight is 342 g/mol. The Kier molecular flexibility index (Phi) is 5.60. The van der Waals surface area contributed by atoms with Gasteiger partial charge >= 0.3 is 0 Å². The summed E-state index contributed by atoms with van der Waals surface area (Å²) in [5.74, 6) is 1.16. The molecule has 104 valence electrons. The Hall–Kier alpha value is -0.650. The van der Waals surface area contributed by atoms with Crippen molar-refractivity contribution in [2.24, 2.45) is 0 Å². The first-order chi connectivity index (χ1) is 9.24. The Morgan fingerprint density at radius 3 is 2.95 bits per heavy atom. The molecule has 0 aliphatic heterocycles. The summed E-state index contributed by atoms with van der Waals surface area (Å²) in [4.78, 5) is 5.87. The zero-order chi connectivity index (χ0) is 13.7. The van der Waals surface area contributed by atoms with Gasteiger partial charge in [0.1, 0.15) is 5.82 Å². The SMILES string of the molecule is CCCn1ccnc1CC(NCC)c1cc(Br)cs1. The Balaban J connectivity index is 2.14. The summed E-state index contributed by atoms with van der Waals surface area (Å²) in [6.07, 6.45) is 6.05. The molecule has 0 radical (unpaired) electrons. The Morgan fingerprint density at radius 2 is 2.32 bits per heavy atom. The Labute approximate surface area is 127 Å². The number of thiophene rings is 1. The lowest BCUT2D eigenvalue weighted by molar-refractivity contribution is 0.522. The highest BCUT2D eigenvalue weighted by Gasteiger charge is 2.16. The highest BCUT2D eigenvalue weighted by Crippen LogP contribution is 2.27. The second kappa shape index (κ2) is 7.22. The molecule has 2 rings (SSSR count). The number of rotatable bonds is 7. The molecule has 0 aliphatic rings. The summed E-state index contributed by atoms with van der Waals surface area (Å²) in [5, 5.41) is 5.69. The molecule has 2 heterocycles. The van der Waals surface area contributed by atoms with E-state index in [-0.39, 0.29) is 0 Å². The van der Waals surface area contributed by atoms with Gasteiger partial charge in [-0.2, -0.15) is 0 Å². The molecule has 0 aromatic carbocycles. The molecule has 5 heteroatoms. The van der Waals surface area contributed by atoms with Gasteiger partial charge in [-0.25, -0.2) is 4.98 Å². The van der Waals surface area contributed by atoms with E-state index in [0.717, 1.165) is 36.2 Å². The van der Waals surface area contributed by atoms with Crippen molar-refractivity contribution in [3.05, 3.63) is 39.0 Å². The number of halogens is 1. The van der Waals surface area contributed by atoms with Crippen molar-refractivity contribution in [1.82, 2.24) is 14.9 Å². The molecule has 3 nitrogen and oxygen atoms in total. The quantitative estimate of drug-likeness (QED) is 0.824. The molecule has 1 atom stereocenters. The molecular weight excluding hydrogens is 322 g/mol. The topological polar surface area (TPSA) is 29.9 Å². The van der Waals surface area contributed by atoms with Crippen LogP contribution in [0.3, 0.4) is 0 Å². The van der Waals surface area contributed by atoms with Gasteiger partial charge in [0, 0.05) is 46.1 Å². The van der Waals surface area contributed by atoms with E-state index in [1.54, 1.807) is 11.3 Å². The predicted octanol–water partition coefficient (Wildman–Crippen LogP) is 4.01. The van der Waals surface area contributed by atoms with Gasteiger partial charge in [0.05, 0.1) is 0 Å². The van der Waals surface area contributed by atoms with Crippen LogP contribution in [0.2, 0.25) is 0 Å². The molecule has 0 fully saturated rings. The molecule has 0 aliphatic carbocycles. The zero-order valence-corrected chi connectivity index (χ0v) is 13.8. The number of imidazole rings is 1. The molecular formula is C14H20BrN3S. The minimum atomic E-state index is 0.347. The third kappa shape index (κ3) is 3.91. The molecule has 2 aromatic rings. The standard InChI is InChI=1S/C14H20BrN3S/c1-3-6-18-7-5-17-14(18)9-12(16-4-2)13-8-11(15)10-19-13/h5,7-8,10,12,16H,3-4,6,9H2,1-2H3. The summed E-state index contributed by atoms with van der Waals surface area (Å²) in [7, 11) is 0. The van der Waals surface area contributed by atoms with Crippen LogP contribution in [0.1, 0.15) is 37.0 Å². The highest BCUT2D eigenvalue weighted by molar-refractivity contribution is 9.10. The minimum Gasteiger partial charge on any atom is -0.335 e. The van der Waals surface area contributed by atoms with Gasteiger partial charge in [-0.3, -0.25) is 0 Å². The monoisotopic (exact) mass is 341 g/mol. The van der Waals surface area contributed by atoms with Gasteiger partial charge in [-0.05, 0) is 35.0 Å². The second-order valence-electron chi connectivity index (χ2n) is 4.52. The van der Waals surface area contributed by atoms with Crippen LogP contribution in [-0.4, -0.2) is 16.1 Å². The van der Waals surface area contributed by atoms with Crippen molar-refractivity contribution >= 4 is 27.3 Å². The molecule has 1 N–H and O–H groups in total. The van der Waals surface area contributed by atoms with Crippen LogP contribution in [-0.2, 0) is 13.0 Å². The van der Waals surface area contributed by atoms with Crippen LogP contribution in [0.5, 0.6) is 0 Å². The van der Waals surface area contributed by atoms with Gasteiger partial charge < -0.3 is 9.88 Å². The molecule has 0 saturated heterocycles. The summed E-state index contributed by atoms with van der Waals surface area (Å²) in [5.41, 5.74) is 0. The van der Waals surface area contributed by atoms with E-state index in [2.05, 4.69) is 62.3 Å². The van der Waals surface area contributed by atoms with Crippen LogP contribution < -0.4 is 5.32 Å². The number of hydrogen-bond acceptors (Lipinski definition) is 3. The first kappa shape index (κ1) is 14.8. The summed E-state index contributed by atoms with van der Waals surface area (Å²) < 4.78 is 3.42. The van der Waals surface area contributed by atoms with E-state index in [1.807, 2.05) is 6.20 Å². The second-order valence-corrected chi connectivity index (χ2v) is 6.38. The van der Waals surface area contributed by atoms with Crippen LogP contribution in [0, 0.1) is 0 Å². The fourth-order valence-corrected chi connectivity index (χ4v) is 3.71. The van der Waals surface area contributed by atoms with E-state index >= 15 is 0 Å². The first-order valence-corrected chi connectivity index (χ1v) is 8.39. The molecule has 0 saturated carbocycles. The number of hydrogen-bond donors (Lipinski definition) is 1. The maximum absolute atomic E-state index is 4.51. The number of nitrogens with zero attached hydrogens (tertiary/aromatic N) is 2. The third-order valence-electron chi connectivity index (χ3n) is 3.03. The number of nitrogens with one attached hydrogen (secondary N) is 1. The van der Waals surface area contributed by atoms with E-state index in [9.17, 15) is 0 Å². The fourth-order valence-electron chi connectivity index (χ4n) is 2.19. The van der Waals surface area contributed by atoms with E-state index < -0.39 is 0 Å². The zero-order valence-electron chi connectivity index (χ0n) is 11.4. The van der Waals surface area contributed by atoms with Crippen molar-refractivity contribution in [3.63, 3.8) is 0 Å². The predicted molar refractivity (Wildman–Crippen MR) is 84.7 cm³/mol. The lowest BCUT2D eigenvalue weighted by Gasteiger charge is -2.17. The van der Waals surface area contributed by atoms with Crippen molar-refractivity contribution in [2.75, 3.05) is 6.54 Å². The van der Waals surface area contributed by atoms with Crippen molar-refractivity contribution in [1.29, 1.82) is 0 Å². The molecule has 0 spiro atoms. The maximum atomic E-state index is 4.51. The van der Waals surface area contributed by atoms with Gasteiger partial charge in [0.2, 0.25) is 0 Å². The summed E-state index contributed by atoms with van der Waals surface area (Å²) in [6, 6.07) is 2.55.